The van der Waals surface area contributed by atoms with E-state index in [4.69, 9.17) is 16.6 Å². The van der Waals surface area contributed by atoms with Crippen molar-refractivity contribution in [1.82, 2.24) is 9.88 Å². The first-order valence-electron chi connectivity index (χ1n) is 8.95. The summed E-state index contributed by atoms with van der Waals surface area (Å²) in [7, 11) is 4.15. The van der Waals surface area contributed by atoms with Gasteiger partial charge in [0.05, 0.1) is 11.4 Å². The van der Waals surface area contributed by atoms with Crippen LogP contribution >= 0.6 is 11.6 Å². The average molecular weight is 377 g/mol. The van der Waals surface area contributed by atoms with Crippen LogP contribution in [0.4, 0.5) is 17.2 Å². The van der Waals surface area contributed by atoms with Gasteiger partial charge in [-0.05, 0) is 44.4 Å². The van der Waals surface area contributed by atoms with E-state index >= 15 is 0 Å². The predicted molar refractivity (Wildman–Crippen MR) is 113 cm³/mol. The number of hydrogen-bond donors (Lipinski definition) is 0. The summed E-state index contributed by atoms with van der Waals surface area (Å²) in [5.41, 5.74) is 4.93. The SMILES string of the molecule is CN(C)CCN1c2ccc(Cl)cc2C(c2ccccc2)=Nc2cccnc21. The van der Waals surface area contributed by atoms with E-state index in [1.165, 1.54) is 0 Å². The number of hydrogen-bond acceptors (Lipinski definition) is 4. The van der Waals surface area contributed by atoms with Gasteiger partial charge in [-0.3, -0.25) is 0 Å². The van der Waals surface area contributed by atoms with Crippen molar-refractivity contribution in [3.63, 3.8) is 0 Å². The van der Waals surface area contributed by atoms with Gasteiger partial charge in [0.25, 0.3) is 0 Å². The Morgan fingerprint density at radius 3 is 2.59 bits per heavy atom. The van der Waals surface area contributed by atoms with E-state index in [0.29, 0.717) is 5.02 Å². The molecule has 136 valence electrons. The monoisotopic (exact) mass is 376 g/mol. The Kier molecular flexibility index (Phi) is 4.92. The third-order valence-electron chi connectivity index (χ3n) is 4.58. The third-order valence-corrected chi connectivity index (χ3v) is 4.81. The molecule has 1 aromatic heterocycles. The summed E-state index contributed by atoms with van der Waals surface area (Å²) >= 11 is 6.37. The van der Waals surface area contributed by atoms with Gasteiger partial charge in [0.1, 0.15) is 5.69 Å². The first-order chi connectivity index (χ1) is 13.1. The standard InChI is InChI=1S/C22H21ClN4/c1-26(2)13-14-27-20-11-10-17(23)15-18(20)21(16-7-4-3-5-8-16)25-19-9-6-12-24-22(19)27/h3-12,15H,13-14H2,1-2H3. The number of likely N-dealkylation sites (N-methyl/N-ethyl adjacent to an activating group) is 1. The molecule has 0 N–H and O–H groups in total. The highest BCUT2D eigenvalue weighted by atomic mass is 35.5. The van der Waals surface area contributed by atoms with Gasteiger partial charge in [-0.1, -0.05) is 41.9 Å². The number of aromatic nitrogens is 1. The molecule has 27 heavy (non-hydrogen) atoms. The molecule has 0 radical (unpaired) electrons. The molecule has 0 saturated heterocycles. The molecule has 4 nitrogen and oxygen atoms in total. The summed E-state index contributed by atoms with van der Waals surface area (Å²) in [5.74, 6) is 0.869. The van der Waals surface area contributed by atoms with Gasteiger partial charge in [0, 0.05) is 35.4 Å². The number of benzene rings is 2. The summed E-state index contributed by atoms with van der Waals surface area (Å²) in [5, 5.41) is 0.698. The third kappa shape index (κ3) is 3.59. The fourth-order valence-corrected chi connectivity index (χ4v) is 3.43. The van der Waals surface area contributed by atoms with Crippen molar-refractivity contribution < 1.29 is 0 Å². The number of pyridine rings is 1. The summed E-state index contributed by atoms with van der Waals surface area (Å²) in [6, 6.07) is 20.2. The van der Waals surface area contributed by atoms with Crippen LogP contribution in [0.3, 0.4) is 0 Å². The number of halogens is 1. The number of aliphatic imine (C=N–C) groups is 1. The molecule has 0 fully saturated rings. The van der Waals surface area contributed by atoms with Crippen LogP contribution in [-0.4, -0.2) is 42.8 Å². The number of fused-ring (bicyclic) bond motifs is 2. The van der Waals surface area contributed by atoms with Crippen LogP contribution < -0.4 is 4.90 Å². The van der Waals surface area contributed by atoms with Crippen molar-refractivity contribution in [3.05, 3.63) is 83.0 Å². The second-order valence-corrected chi connectivity index (χ2v) is 7.23. The Morgan fingerprint density at radius 2 is 1.81 bits per heavy atom. The largest absolute Gasteiger partial charge is 0.323 e. The lowest BCUT2D eigenvalue weighted by Gasteiger charge is -2.27. The van der Waals surface area contributed by atoms with Crippen LogP contribution in [0.15, 0.2) is 71.9 Å². The van der Waals surface area contributed by atoms with Gasteiger partial charge < -0.3 is 9.80 Å². The maximum absolute atomic E-state index is 6.37. The van der Waals surface area contributed by atoms with Gasteiger partial charge in [0.15, 0.2) is 5.82 Å². The molecule has 1 aliphatic rings. The van der Waals surface area contributed by atoms with Crippen LogP contribution in [0.2, 0.25) is 5.02 Å². The Morgan fingerprint density at radius 1 is 1.00 bits per heavy atom. The summed E-state index contributed by atoms with van der Waals surface area (Å²) in [6.45, 7) is 1.71. The maximum Gasteiger partial charge on any atom is 0.159 e. The van der Waals surface area contributed by atoms with E-state index in [0.717, 1.165) is 47.1 Å². The fraction of sp³-hybridized carbons (Fsp3) is 0.182. The van der Waals surface area contributed by atoms with Crippen molar-refractivity contribution in [2.75, 3.05) is 32.1 Å². The number of rotatable bonds is 4. The molecule has 0 aliphatic carbocycles. The molecule has 2 aromatic carbocycles. The minimum Gasteiger partial charge on any atom is -0.323 e. The highest BCUT2D eigenvalue weighted by Crippen LogP contribution is 2.39. The Labute approximate surface area is 164 Å². The van der Waals surface area contributed by atoms with Gasteiger partial charge in [-0.2, -0.15) is 0 Å². The van der Waals surface area contributed by atoms with Crippen LogP contribution in [0.25, 0.3) is 0 Å². The van der Waals surface area contributed by atoms with E-state index in [1.54, 1.807) is 0 Å². The lowest BCUT2D eigenvalue weighted by atomic mass is 10.00. The van der Waals surface area contributed by atoms with E-state index in [1.807, 2.05) is 48.7 Å². The second kappa shape index (κ2) is 7.51. The second-order valence-electron chi connectivity index (χ2n) is 6.79. The number of anilines is 2. The highest BCUT2D eigenvalue weighted by Gasteiger charge is 2.25. The van der Waals surface area contributed by atoms with E-state index in [-0.39, 0.29) is 0 Å². The Hall–Kier alpha value is -2.69. The highest BCUT2D eigenvalue weighted by molar-refractivity contribution is 6.31. The zero-order chi connectivity index (χ0) is 18.8. The molecule has 0 atom stereocenters. The van der Waals surface area contributed by atoms with Crippen molar-refractivity contribution in [2.45, 2.75) is 0 Å². The Bertz CT molecular complexity index is 983. The molecular formula is C22H21ClN4. The minimum atomic E-state index is 0.698. The summed E-state index contributed by atoms with van der Waals surface area (Å²) in [6.07, 6.45) is 1.82. The van der Waals surface area contributed by atoms with Crippen molar-refractivity contribution in [1.29, 1.82) is 0 Å². The maximum atomic E-state index is 6.37. The fourth-order valence-electron chi connectivity index (χ4n) is 3.25. The molecule has 1 aliphatic heterocycles. The molecule has 4 rings (SSSR count). The smallest absolute Gasteiger partial charge is 0.159 e. The lowest BCUT2D eigenvalue weighted by molar-refractivity contribution is 0.418. The molecule has 0 saturated carbocycles. The molecule has 2 heterocycles. The zero-order valence-corrected chi connectivity index (χ0v) is 16.2. The quantitative estimate of drug-likeness (QED) is 0.647. The molecule has 0 spiro atoms. The molecule has 0 bridgehead atoms. The van der Waals surface area contributed by atoms with Gasteiger partial charge in [-0.15, -0.1) is 0 Å². The molecular weight excluding hydrogens is 356 g/mol. The van der Waals surface area contributed by atoms with Crippen LogP contribution in [0, 0.1) is 0 Å². The van der Waals surface area contributed by atoms with Gasteiger partial charge in [-0.25, -0.2) is 9.98 Å². The normalized spacial score (nSPS) is 13.0. The van der Waals surface area contributed by atoms with Crippen LogP contribution in [0.5, 0.6) is 0 Å². The topological polar surface area (TPSA) is 31.7 Å². The van der Waals surface area contributed by atoms with Crippen LogP contribution in [0.1, 0.15) is 11.1 Å². The minimum absolute atomic E-state index is 0.698. The number of nitrogens with zero attached hydrogens (tertiary/aromatic N) is 4. The molecule has 5 heteroatoms. The first kappa shape index (κ1) is 17.7. The predicted octanol–water partition coefficient (Wildman–Crippen LogP) is 4.92. The first-order valence-corrected chi connectivity index (χ1v) is 9.32. The summed E-state index contributed by atoms with van der Waals surface area (Å²) in [4.78, 5) is 14.1. The Balaban J connectivity index is 1.95. The van der Waals surface area contributed by atoms with Gasteiger partial charge >= 0.3 is 0 Å². The van der Waals surface area contributed by atoms with Crippen molar-refractivity contribution in [3.8, 4) is 0 Å². The molecule has 0 amide bonds. The summed E-state index contributed by atoms with van der Waals surface area (Å²) < 4.78 is 0. The van der Waals surface area contributed by atoms with Crippen LogP contribution in [-0.2, 0) is 0 Å². The van der Waals surface area contributed by atoms with E-state index < -0.39 is 0 Å². The van der Waals surface area contributed by atoms with E-state index in [2.05, 4.69) is 47.1 Å². The zero-order valence-electron chi connectivity index (χ0n) is 15.4. The van der Waals surface area contributed by atoms with E-state index in [9.17, 15) is 0 Å². The lowest BCUT2D eigenvalue weighted by Crippen LogP contribution is -2.29. The van der Waals surface area contributed by atoms with Crippen molar-refractivity contribution >= 4 is 34.5 Å². The average Bonchev–Trinajstić information content (AvgIpc) is 2.81. The van der Waals surface area contributed by atoms with Crippen molar-refractivity contribution in [2.24, 2.45) is 4.99 Å². The molecule has 3 aromatic rings. The van der Waals surface area contributed by atoms with Gasteiger partial charge in [0.2, 0.25) is 0 Å². The molecule has 0 unspecified atom stereocenters.